The fourth-order valence-electron chi connectivity index (χ4n) is 3.99. The number of hydrogen-bond donors (Lipinski definition) is 2. The van der Waals surface area contributed by atoms with Gasteiger partial charge in [-0.05, 0) is 44.4 Å². The van der Waals surface area contributed by atoms with E-state index in [9.17, 15) is 13.2 Å². The Kier molecular flexibility index (Phi) is 6.66. The Morgan fingerprint density at radius 1 is 1.21 bits per heavy atom. The highest BCUT2D eigenvalue weighted by molar-refractivity contribution is 7.90. The highest BCUT2D eigenvalue weighted by atomic mass is 32.2. The van der Waals surface area contributed by atoms with Crippen LogP contribution in [0.1, 0.15) is 48.7 Å². The average Bonchev–Trinajstić information content (AvgIpc) is 3.23. The zero-order valence-corrected chi connectivity index (χ0v) is 19.9. The van der Waals surface area contributed by atoms with E-state index in [1.807, 2.05) is 13.8 Å². The number of anilines is 1. The fraction of sp³-hybridized carbons (Fsp3) is 0.435. The van der Waals surface area contributed by atoms with Crippen molar-refractivity contribution >= 4 is 32.5 Å². The third-order valence-corrected chi connectivity index (χ3v) is 7.06. The number of nitrogens with one attached hydrogen (secondary N) is 2. The predicted octanol–water partition coefficient (Wildman–Crippen LogP) is 2.94. The first-order valence-corrected chi connectivity index (χ1v) is 13.0. The van der Waals surface area contributed by atoms with Crippen LogP contribution in [0.2, 0.25) is 0 Å². The smallest absolute Gasteiger partial charge is 0.255 e. The lowest BCUT2D eigenvalue weighted by molar-refractivity contribution is 0.0903. The minimum absolute atomic E-state index is 0.196. The van der Waals surface area contributed by atoms with E-state index in [1.165, 1.54) is 6.26 Å². The lowest BCUT2D eigenvalue weighted by atomic mass is 10.1. The molecule has 0 spiro atoms. The molecule has 1 amide bonds. The molecule has 2 N–H and O–H groups in total. The van der Waals surface area contributed by atoms with Crippen molar-refractivity contribution in [2.24, 2.45) is 0 Å². The monoisotopic (exact) mass is 471 g/mol. The van der Waals surface area contributed by atoms with E-state index in [0.717, 1.165) is 35.1 Å². The van der Waals surface area contributed by atoms with Crippen molar-refractivity contribution in [1.29, 1.82) is 0 Å². The molecule has 10 heteroatoms. The third-order valence-electron chi connectivity index (χ3n) is 5.94. The van der Waals surface area contributed by atoms with Crippen LogP contribution in [0, 0.1) is 0 Å². The first-order chi connectivity index (χ1) is 15.8. The maximum Gasteiger partial charge on any atom is 0.255 e. The van der Waals surface area contributed by atoms with Gasteiger partial charge in [0, 0.05) is 38.3 Å². The molecule has 33 heavy (non-hydrogen) atoms. The molecule has 0 aliphatic carbocycles. The van der Waals surface area contributed by atoms with E-state index in [2.05, 4.69) is 20.7 Å². The molecule has 176 valence electrons. The zero-order chi connectivity index (χ0) is 23.6. The van der Waals surface area contributed by atoms with Gasteiger partial charge >= 0.3 is 0 Å². The van der Waals surface area contributed by atoms with E-state index < -0.39 is 9.84 Å². The number of amides is 1. The summed E-state index contributed by atoms with van der Waals surface area (Å²) in [7, 11) is -3.27. The highest BCUT2D eigenvalue weighted by Crippen LogP contribution is 2.29. The molecule has 1 atom stereocenters. The molecule has 0 bridgehead atoms. The van der Waals surface area contributed by atoms with Crippen molar-refractivity contribution < 1.29 is 17.9 Å². The summed E-state index contributed by atoms with van der Waals surface area (Å²) < 4.78 is 30.7. The summed E-state index contributed by atoms with van der Waals surface area (Å²) in [6, 6.07) is 6.42. The Hall–Kier alpha value is -2.98. The number of ether oxygens (including phenoxy) is 1. The Labute approximate surface area is 193 Å². The molecule has 2 aromatic heterocycles. The summed E-state index contributed by atoms with van der Waals surface area (Å²) in [5, 5.41) is 11.8. The van der Waals surface area contributed by atoms with Crippen LogP contribution in [-0.2, 0) is 21.1 Å². The first kappa shape index (κ1) is 23.2. The van der Waals surface area contributed by atoms with Gasteiger partial charge < -0.3 is 15.4 Å². The second-order valence-corrected chi connectivity index (χ2v) is 10.3. The molecule has 1 aliphatic rings. The van der Waals surface area contributed by atoms with Crippen molar-refractivity contribution in [1.82, 2.24) is 20.1 Å². The van der Waals surface area contributed by atoms with Crippen molar-refractivity contribution in [3.05, 3.63) is 47.8 Å². The minimum atomic E-state index is -3.27. The van der Waals surface area contributed by atoms with Crippen molar-refractivity contribution in [3.63, 3.8) is 0 Å². The lowest BCUT2D eigenvalue weighted by Crippen LogP contribution is -2.31. The van der Waals surface area contributed by atoms with Crippen molar-refractivity contribution in [2.75, 3.05) is 24.8 Å². The van der Waals surface area contributed by atoms with E-state index in [0.29, 0.717) is 25.3 Å². The summed E-state index contributed by atoms with van der Waals surface area (Å²) in [6.07, 6.45) is 6.22. The van der Waals surface area contributed by atoms with Crippen LogP contribution in [0.25, 0.3) is 11.0 Å². The van der Waals surface area contributed by atoms with Crippen LogP contribution in [0.3, 0.4) is 0 Å². The van der Waals surface area contributed by atoms with Gasteiger partial charge in [-0.3, -0.25) is 4.79 Å². The van der Waals surface area contributed by atoms with Gasteiger partial charge in [-0.15, -0.1) is 0 Å². The fourth-order valence-corrected chi connectivity index (χ4v) is 4.62. The topological polar surface area (TPSA) is 115 Å². The standard InChI is InChI=1S/C23H29N5O4S/c1-4-28-22-19(14-25-28)21(27-17-9-11-32-12-10-17)20(13-24-22)23(29)26-15(2)16-5-7-18(8-6-16)33(3,30)31/h5-8,13-15,17H,4,9-12H2,1-3H3,(H,24,27)(H,26,29). The van der Waals surface area contributed by atoms with Gasteiger partial charge in [-0.25, -0.2) is 18.1 Å². The summed E-state index contributed by atoms with van der Waals surface area (Å²) in [5.74, 6) is -0.261. The van der Waals surface area contributed by atoms with Gasteiger partial charge in [0.2, 0.25) is 0 Å². The number of carbonyl (C=O) groups is 1. The summed E-state index contributed by atoms with van der Waals surface area (Å²) >= 11 is 0. The molecule has 1 fully saturated rings. The number of hydrogen-bond acceptors (Lipinski definition) is 7. The van der Waals surface area contributed by atoms with E-state index in [-0.39, 0.29) is 22.9 Å². The molecule has 9 nitrogen and oxygen atoms in total. The third kappa shape index (κ3) is 5.01. The number of aryl methyl sites for hydroxylation is 1. The maximum absolute atomic E-state index is 13.3. The van der Waals surface area contributed by atoms with Crippen LogP contribution in [0.15, 0.2) is 41.6 Å². The largest absolute Gasteiger partial charge is 0.381 e. The Morgan fingerprint density at radius 3 is 2.55 bits per heavy atom. The summed E-state index contributed by atoms with van der Waals surface area (Å²) in [6.45, 7) is 5.90. The molecule has 1 unspecified atom stereocenters. The normalized spacial score (nSPS) is 16.0. The van der Waals surface area contributed by atoms with Crippen LogP contribution in [0.4, 0.5) is 5.69 Å². The zero-order valence-electron chi connectivity index (χ0n) is 19.0. The molecule has 4 rings (SSSR count). The molecule has 0 radical (unpaired) electrons. The Balaban J connectivity index is 1.62. The van der Waals surface area contributed by atoms with Gasteiger partial charge in [0.25, 0.3) is 5.91 Å². The minimum Gasteiger partial charge on any atom is -0.381 e. The first-order valence-electron chi connectivity index (χ1n) is 11.1. The van der Waals surface area contributed by atoms with Crippen LogP contribution in [-0.4, -0.2) is 54.6 Å². The molecular weight excluding hydrogens is 442 g/mol. The number of benzene rings is 1. The maximum atomic E-state index is 13.3. The van der Waals surface area contributed by atoms with Gasteiger partial charge in [0.15, 0.2) is 15.5 Å². The molecule has 3 aromatic rings. The highest BCUT2D eigenvalue weighted by Gasteiger charge is 2.23. The van der Waals surface area contributed by atoms with Crippen LogP contribution < -0.4 is 10.6 Å². The lowest BCUT2D eigenvalue weighted by Gasteiger charge is -2.26. The van der Waals surface area contributed by atoms with E-state index in [1.54, 1.807) is 41.3 Å². The molecule has 0 saturated carbocycles. The van der Waals surface area contributed by atoms with E-state index >= 15 is 0 Å². The molecule has 1 aromatic carbocycles. The van der Waals surface area contributed by atoms with Crippen molar-refractivity contribution in [3.8, 4) is 0 Å². The van der Waals surface area contributed by atoms with Gasteiger partial charge in [-0.1, -0.05) is 12.1 Å². The van der Waals surface area contributed by atoms with Gasteiger partial charge in [0.05, 0.1) is 33.8 Å². The molecule has 1 saturated heterocycles. The number of fused-ring (bicyclic) bond motifs is 1. The number of nitrogens with zero attached hydrogens (tertiary/aromatic N) is 3. The van der Waals surface area contributed by atoms with Crippen LogP contribution >= 0.6 is 0 Å². The second-order valence-electron chi connectivity index (χ2n) is 8.31. The Morgan fingerprint density at radius 2 is 1.91 bits per heavy atom. The van der Waals surface area contributed by atoms with Crippen LogP contribution in [0.5, 0.6) is 0 Å². The number of rotatable bonds is 7. The molecule has 3 heterocycles. The van der Waals surface area contributed by atoms with Gasteiger partial charge in [-0.2, -0.15) is 5.10 Å². The number of aromatic nitrogens is 3. The quantitative estimate of drug-likeness (QED) is 0.544. The second kappa shape index (κ2) is 9.48. The summed E-state index contributed by atoms with van der Waals surface area (Å²) in [4.78, 5) is 18.1. The number of carbonyl (C=O) groups excluding carboxylic acids is 1. The predicted molar refractivity (Wildman–Crippen MR) is 126 cm³/mol. The van der Waals surface area contributed by atoms with Crippen molar-refractivity contribution in [2.45, 2.75) is 50.2 Å². The molecule has 1 aliphatic heterocycles. The Bertz CT molecular complexity index is 1250. The number of pyridine rings is 1. The number of sulfone groups is 1. The van der Waals surface area contributed by atoms with Gasteiger partial charge in [0.1, 0.15) is 0 Å². The van der Waals surface area contributed by atoms with E-state index in [4.69, 9.17) is 4.74 Å². The molecular formula is C23H29N5O4S. The average molecular weight is 472 g/mol. The SMILES string of the molecule is CCn1ncc2c(NC3CCOCC3)c(C(=O)NC(C)c3ccc(S(C)(=O)=O)cc3)cnc21. The summed E-state index contributed by atoms with van der Waals surface area (Å²) in [5.41, 5.74) is 2.71.